The molecule has 0 aromatic heterocycles. The summed E-state index contributed by atoms with van der Waals surface area (Å²) in [6.45, 7) is 2.65. The van der Waals surface area contributed by atoms with E-state index in [1.807, 2.05) is 0 Å². The van der Waals surface area contributed by atoms with Crippen LogP contribution in [0.3, 0.4) is 0 Å². The van der Waals surface area contributed by atoms with Gasteiger partial charge in [0.1, 0.15) is 0 Å². The molecule has 25 heavy (non-hydrogen) atoms. The van der Waals surface area contributed by atoms with Gasteiger partial charge in [-0.25, -0.2) is 9.69 Å². The Morgan fingerprint density at radius 2 is 1.60 bits per heavy atom. The van der Waals surface area contributed by atoms with Gasteiger partial charge in [-0.15, -0.1) is 0 Å². The largest absolute Gasteiger partial charge is 0.465 e. The van der Waals surface area contributed by atoms with Crippen LogP contribution < -0.4 is 4.90 Å². The molecule has 2 amide bonds. The summed E-state index contributed by atoms with van der Waals surface area (Å²) in [6.07, 6.45) is 0. The Hall–Kier alpha value is -3.39. The van der Waals surface area contributed by atoms with Crippen molar-refractivity contribution in [2.24, 2.45) is 0 Å². The van der Waals surface area contributed by atoms with Crippen LogP contribution in [0.4, 0.5) is 5.69 Å². The highest BCUT2D eigenvalue weighted by atomic mass is 16.5. The minimum absolute atomic E-state index is 0.380. The van der Waals surface area contributed by atoms with E-state index in [0.29, 0.717) is 22.4 Å². The van der Waals surface area contributed by atoms with E-state index in [4.69, 9.17) is 0 Å². The molecule has 0 aliphatic carbocycles. The Kier molecular flexibility index (Phi) is 5.70. The summed E-state index contributed by atoms with van der Waals surface area (Å²) in [7, 11) is 1.31. The summed E-state index contributed by atoms with van der Waals surface area (Å²) >= 11 is 0. The predicted molar refractivity (Wildman–Crippen MR) is 94.0 cm³/mol. The standard InChI is InChI=1S/C20H17NO4/c1-14(22)21(15(2)23)19-10-5-4-8-17(19)12-11-16-7-6-9-18(13-16)20(24)25-3/h4-10,13H,1-3H3. The van der Waals surface area contributed by atoms with Crippen LogP contribution in [0.15, 0.2) is 48.5 Å². The van der Waals surface area contributed by atoms with E-state index < -0.39 is 5.97 Å². The average Bonchev–Trinajstić information content (AvgIpc) is 2.60. The fourth-order valence-corrected chi connectivity index (χ4v) is 2.32. The third-order valence-electron chi connectivity index (χ3n) is 3.40. The lowest BCUT2D eigenvalue weighted by molar-refractivity contribution is -0.124. The van der Waals surface area contributed by atoms with Crippen LogP contribution in [0.25, 0.3) is 0 Å². The van der Waals surface area contributed by atoms with Gasteiger partial charge in [-0.3, -0.25) is 9.59 Å². The third kappa shape index (κ3) is 4.33. The molecule has 0 saturated carbocycles. The first-order chi connectivity index (χ1) is 11.9. The Balaban J connectivity index is 2.44. The van der Waals surface area contributed by atoms with Gasteiger partial charge >= 0.3 is 5.97 Å². The number of hydrogen-bond acceptors (Lipinski definition) is 4. The number of rotatable bonds is 2. The van der Waals surface area contributed by atoms with Gasteiger partial charge < -0.3 is 4.74 Å². The van der Waals surface area contributed by atoms with Gasteiger partial charge in [0.05, 0.1) is 18.4 Å². The van der Waals surface area contributed by atoms with Crippen molar-refractivity contribution in [3.8, 4) is 11.8 Å². The molecular formula is C20H17NO4. The number of para-hydroxylation sites is 1. The molecule has 0 unspecified atom stereocenters. The lowest BCUT2D eigenvalue weighted by Gasteiger charge is -2.18. The molecule has 0 aliphatic rings. The van der Waals surface area contributed by atoms with E-state index in [2.05, 4.69) is 16.6 Å². The van der Waals surface area contributed by atoms with Crippen molar-refractivity contribution < 1.29 is 19.1 Å². The van der Waals surface area contributed by atoms with Gasteiger partial charge in [-0.1, -0.05) is 30.0 Å². The molecule has 0 aliphatic heterocycles. The number of benzene rings is 2. The minimum atomic E-state index is -0.441. The molecule has 0 spiro atoms. The molecule has 0 bridgehead atoms. The average molecular weight is 335 g/mol. The number of esters is 1. The van der Waals surface area contributed by atoms with Gasteiger partial charge in [0.15, 0.2) is 0 Å². The topological polar surface area (TPSA) is 63.7 Å². The molecule has 0 radical (unpaired) electrons. The highest BCUT2D eigenvalue weighted by Crippen LogP contribution is 2.20. The normalized spacial score (nSPS) is 9.56. The SMILES string of the molecule is COC(=O)c1cccc(C#Cc2ccccc2N(C(C)=O)C(C)=O)c1. The van der Waals surface area contributed by atoms with E-state index in [9.17, 15) is 14.4 Å². The van der Waals surface area contributed by atoms with Crippen LogP contribution in [-0.4, -0.2) is 24.9 Å². The van der Waals surface area contributed by atoms with Crippen molar-refractivity contribution in [3.63, 3.8) is 0 Å². The number of ether oxygens (including phenoxy) is 1. The van der Waals surface area contributed by atoms with E-state index in [0.717, 1.165) is 4.90 Å². The second-order valence-electron chi connectivity index (χ2n) is 5.21. The summed E-state index contributed by atoms with van der Waals surface area (Å²) < 4.78 is 4.69. The number of anilines is 1. The smallest absolute Gasteiger partial charge is 0.337 e. The number of carbonyl (C=O) groups excluding carboxylic acids is 3. The molecule has 2 rings (SSSR count). The van der Waals surface area contributed by atoms with Crippen LogP contribution >= 0.6 is 0 Å². The molecule has 0 N–H and O–H groups in total. The molecule has 0 fully saturated rings. The van der Waals surface area contributed by atoms with E-state index >= 15 is 0 Å². The second-order valence-corrected chi connectivity index (χ2v) is 5.21. The van der Waals surface area contributed by atoms with E-state index in [-0.39, 0.29) is 11.8 Å². The zero-order chi connectivity index (χ0) is 18.4. The second kappa shape index (κ2) is 7.93. The molecule has 0 atom stereocenters. The lowest BCUT2D eigenvalue weighted by atomic mass is 10.1. The summed E-state index contributed by atoms with van der Waals surface area (Å²) in [6, 6.07) is 13.6. The summed E-state index contributed by atoms with van der Waals surface area (Å²) in [5, 5.41) is 0. The highest BCUT2D eigenvalue weighted by molar-refractivity contribution is 6.13. The summed E-state index contributed by atoms with van der Waals surface area (Å²) in [5.41, 5.74) is 1.99. The first-order valence-corrected chi connectivity index (χ1v) is 7.54. The van der Waals surface area contributed by atoms with Gasteiger partial charge in [0.25, 0.3) is 0 Å². The monoisotopic (exact) mass is 335 g/mol. The van der Waals surface area contributed by atoms with Crippen LogP contribution in [0.1, 0.15) is 35.3 Å². The quantitative estimate of drug-likeness (QED) is 0.625. The Morgan fingerprint density at radius 1 is 0.920 bits per heavy atom. The lowest BCUT2D eigenvalue weighted by Crippen LogP contribution is -2.33. The van der Waals surface area contributed by atoms with Crippen LogP contribution in [-0.2, 0) is 14.3 Å². The van der Waals surface area contributed by atoms with Crippen molar-refractivity contribution >= 4 is 23.5 Å². The first-order valence-electron chi connectivity index (χ1n) is 7.54. The van der Waals surface area contributed by atoms with E-state index in [1.54, 1.807) is 48.5 Å². The number of methoxy groups -OCH3 is 1. The van der Waals surface area contributed by atoms with Crippen molar-refractivity contribution in [1.82, 2.24) is 0 Å². The van der Waals surface area contributed by atoms with Crippen LogP contribution in [0.2, 0.25) is 0 Å². The fraction of sp³-hybridized carbons (Fsp3) is 0.150. The third-order valence-corrected chi connectivity index (χ3v) is 3.40. The molecule has 0 heterocycles. The molecule has 5 nitrogen and oxygen atoms in total. The van der Waals surface area contributed by atoms with Gasteiger partial charge in [-0.2, -0.15) is 0 Å². The number of amides is 2. The van der Waals surface area contributed by atoms with Crippen LogP contribution in [0, 0.1) is 11.8 Å². The maximum atomic E-state index is 11.8. The van der Waals surface area contributed by atoms with E-state index in [1.165, 1.54) is 21.0 Å². The Bertz CT molecular complexity index is 876. The molecule has 0 saturated heterocycles. The zero-order valence-corrected chi connectivity index (χ0v) is 14.2. The number of imide groups is 1. The van der Waals surface area contributed by atoms with Gasteiger partial charge in [0.2, 0.25) is 11.8 Å². The van der Waals surface area contributed by atoms with Crippen molar-refractivity contribution in [2.75, 3.05) is 12.0 Å². The predicted octanol–water partition coefficient (Wildman–Crippen LogP) is 2.77. The van der Waals surface area contributed by atoms with Crippen molar-refractivity contribution in [2.45, 2.75) is 13.8 Å². The van der Waals surface area contributed by atoms with Crippen LogP contribution in [0.5, 0.6) is 0 Å². The Morgan fingerprint density at radius 3 is 2.24 bits per heavy atom. The summed E-state index contributed by atoms with van der Waals surface area (Å²) in [4.78, 5) is 36.2. The highest BCUT2D eigenvalue weighted by Gasteiger charge is 2.18. The molecule has 126 valence electrons. The number of nitrogens with zero attached hydrogens (tertiary/aromatic N) is 1. The molecule has 5 heteroatoms. The fourth-order valence-electron chi connectivity index (χ4n) is 2.32. The van der Waals surface area contributed by atoms with Crippen molar-refractivity contribution in [3.05, 3.63) is 65.2 Å². The minimum Gasteiger partial charge on any atom is -0.465 e. The Labute approximate surface area is 146 Å². The molecule has 2 aromatic carbocycles. The molecule has 2 aromatic rings. The zero-order valence-electron chi connectivity index (χ0n) is 14.2. The van der Waals surface area contributed by atoms with Gasteiger partial charge in [0, 0.05) is 25.0 Å². The molecular weight excluding hydrogens is 318 g/mol. The van der Waals surface area contributed by atoms with Crippen molar-refractivity contribution in [1.29, 1.82) is 0 Å². The number of carbonyl (C=O) groups is 3. The summed E-state index contributed by atoms with van der Waals surface area (Å²) in [5.74, 6) is 4.70. The first kappa shape index (κ1) is 18.0. The maximum Gasteiger partial charge on any atom is 0.337 e. The maximum absolute atomic E-state index is 11.8. The van der Waals surface area contributed by atoms with Gasteiger partial charge in [-0.05, 0) is 30.3 Å². The number of hydrogen-bond donors (Lipinski definition) is 0.